The minimum Gasteiger partial charge on any atom is -0.308 e. The topological polar surface area (TPSA) is 89.9 Å². The highest BCUT2D eigenvalue weighted by atomic mass is 15.4. The molecule has 0 N–H and O–H groups in total. The van der Waals surface area contributed by atoms with Gasteiger partial charge in [0, 0.05) is 41.9 Å². The molecule has 0 atom stereocenters. The van der Waals surface area contributed by atoms with Crippen molar-refractivity contribution in [1.29, 1.82) is 0 Å². The van der Waals surface area contributed by atoms with Gasteiger partial charge in [-0.3, -0.25) is 9.67 Å². The van der Waals surface area contributed by atoms with Crippen molar-refractivity contribution in [2.45, 2.75) is 19.9 Å². The molecule has 9 nitrogen and oxygen atoms in total. The number of nitrogens with zero attached hydrogens (tertiary/aromatic N) is 9. The molecule has 4 aromatic heterocycles. The van der Waals surface area contributed by atoms with E-state index in [1.165, 1.54) is 0 Å². The van der Waals surface area contributed by atoms with Crippen molar-refractivity contribution in [3.05, 3.63) is 66.1 Å². The number of aromatic nitrogens is 8. The Labute approximate surface area is 179 Å². The van der Waals surface area contributed by atoms with Gasteiger partial charge in [0.25, 0.3) is 5.78 Å². The number of likely N-dealkylation sites (N-methyl/N-ethyl adjacent to an activating group) is 1. The molecule has 0 aliphatic carbocycles. The first-order chi connectivity index (χ1) is 15.0. The molecule has 5 rings (SSSR count). The summed E-state index contributed by atoms with van der Waals surface area (Å²) in [5.74, 6) is 1.27. The Bertz CT molecular complexity index is 1370. The first kappa shape index (κ1) is 19.3. The molecule has 0 spiro atoms. The molecule has 0 unspecified atom stereocenters. The quantitative estimate of drug-likeness (QED) is 0.422. The van der Waals surface area contributed by atoms with Crippen LogP contribution in [0.4, 0.5) is 0 Å². The predicted octanol–water partition coefficient (Wildman–Crippen LogP) is 2.39. The Morgan fingerprint density at radius 1 is 0.968 bits per heavy atom. The van der Waals surface area contributed by atoms with Gasteiger partial charge in [-0.05, 0) is 44.8 Å². The van der Waals surface area contributed by atoms with Crippen LogP contribution < -0.4 is 0 Å². The molecule has 31 heavy (non-hydrogen) atoms. The summed E-state index contributed by atoms with van der Waals surface area (Å²) in [7, 11) is 4.12. The van der Waals surface area contributed by atoms with E-state index in [2.05, 4.69) is 73.8 Å². The average Bonchev–Trinajstić information content (AvgIpc) is 3.39. The molecule has 0 amide bonds. The Morgan fingerprint density at radius 3 is 2.74 bits per heavy atom. The predicted molar refractivity (Wildman–Crippen MR) is 118 cm³/mol. The molecular formula is C22H23N9. The van der Waals surface area contributed by atoms with Gasteiger partial charge < -0.3 is 4.90 Å². The third-order valence-electron chi connectivity index (χ3n) is 5.16. The van der Waals surface area contributed by atoms with Crippen molar-refractivity contribution < 1.29 is 0 Å². The number of hydrogen-bond acceptors (Lipinski definition) is 7. The van der Waals surface area contributed by atoms with Crippen molar-refractivity contribution in [2.75, 3.05) is 20.6 Å². The number of benzene rings is 1. The lowest BCUT2D eigenvalue weighted by atomic mass is 10.0. The molecule has 0 fully saturated rings. The largest absolute Gasteiger partial charge is 0.308 e. The summed E-state index contributed by atoms with van der Waals surface area (Å²) in [6, 6.07) is 8.41. The van der Waals surface area contributed by atoms with Crippen LogP contribution >= 0.6 is 0 Å². The molecule has 4 heterocycles. The minimum atomic E-state index is 0.511. The van der Waals surface area contributed by atoms with Gasteiger partial charge in [0.05, 0.1) is 30.1 Å². The first-order valence-corrected chi connectivity index (χ1v) is 10.2. The number of pyridine rings is 1. The van der Waals surface area contributed by atoms with Gasteiger partial charge >= 0.3 is 0 Å². The zero-order valence-electron chi connectivity index (χ0n) is 17.8. The third-order valence-corrected chi connectivity index (χ3v) is 5.16. The zero-order chi connectivity index (χ0) is 21.4. The normalized spacial score (nSPS) is 11.7. The van der Waals surface area contributed by atoms with Crippen molar-refractivity contribution >= 4 is 16.7 Å². The maximum atomic E-state index is 4.64. The Balaban J connectivity index is 1.43. The van der Waals surface area contributed by atoms with Crippen molar-refractivity contribution in [2.24, 2.45) is 0 Å². The van der Waals surface area contributed by atoms with Gasteiger partial charge in [-0.15, -0.1) is 10.2 Å². The second-order valence-electron chi connectivity index (χ2n) is 7.95. The number of hydrogen-bond donors (Lipinski definition) is 0. The first-order valence-electron chi connectivity index (χ1n) is 10.2. The van der Waals surface area contributed by atoms with E-state index in [9.17, 15) is 0 Å². The van der Waals surface area contributed by atoms with Crippen molar-refractivity contribution in [3.63, 3.8) is 0 Å². The fourth-order valence-electron chi connectivity index (χ4n) is 3.50. The van der Waals surface area contributed by atoms with Gasteiger partial charge in [0.15, 0.2) is 5.82 Å². The highest BCUT2D eigenvalue weighted by Crippen LogP contribution is 2.24. The molecule has 9 heteroatoms. The Morgan fingerprint density at radius 2 is 1.87 bits per heavy atom. The second-order valence-corrected chi connectivity index (χ2v) is 7.95. The van der Waals surface area contributed by atoms with Crippen LogP contribution in [0.5, 0.6) is 0 Å². The van der Waals surface area contributed by atoms with Crippen LogP contribution in [0.25, 0.3) is 27.8 Å². The van der Waals surface area contributed by atoms with Gasteiger partial charge in [-0.25, -0.2) is 4.98 Å². The number of fused-ring (bicyclic) bond motifs is 2. The molecule has 0 radical (unpaired) electrons. The Kier molecular flexibility index (Phi) is 4.87. The van der Waals surface area contributed by atoms with E-state index < -0.39 is 0 Å². The highest BCUT2D eigenvalue weighted by molar-refractivity contribution is 5.84. The molecular weight excluding hydrogens is 390 g/mol. The molecule has 0 bridgehead atoms. The van der Waals surface area contributed by atoms with Crippen LogP contribution in [-0.4, -0.2) is 65.1 Å². The average molecular weight is 413 g/mol. The SMILES string of the molecule is Cc1cnc2nnc(Cc3ccc4ncc(-c5cnn(CCN(C)C)c5)cc4c3)n2n1. The van der Waals surface area contributed by atoms with E-state index in [1.54, 1.807) is 10.7 Å². The van der Waals surface area contributed by atoms with Crippen LogP contribution in [0.2, 0.25) is 0 Å². The van der Waals surface area contributed by atoms with Crippen LogP contribution in [0.15, 0.2) is 49.1 Å². The zero-order valence-corrected chi connectivity index (χ0v) is 17.8. The summed E-state index contributed by atoms with van der Waals surface area (Å²) < 4.78 is 3.67. The van der Waals surface area contributed by atoms with Gasteiger partial charge in [0.2, 0.25) is 0 Å². The van der Waals surface area contributed by atoms with E-state index in [1.807, 2.05) is 30.1 Å². The van der Waals surface area contributed by atoms with Gasteiger partial charge in [-0.2, -0.15) is 14.7 Å². The van der Waals surface area contributed by atoms with E-state index in [4.69, 9.17) is 0 Å². The molecule has 5 aromatic rings. The van der Waals surface area contributed by atoms with E-state index >= 15 is 0 Å². The summed E-state index contributed by atoms with van der Waals surface area (Å²) in [4.78, 5) is 11.1. The summed E-state index contributed by atoms with van der Waals surface area (Å²) >= 11 is 0. The summed E-state index contributed by atoms with van der Waals surface area (Å²) in [5, 5.41) is 18.4. The lowest BCUT2D eigenvalue weighted by Crippen LogP contribution is -2.18. The van der Waals surface area contributed by atoms with Crippen LogP contribution in [-0.2, 0) is 13.0 Å². The molecule has 0 saturated heterocycles. The van der Waals surface area contributed by atoms with E-state index in [0.29, 0.717) is 12.2 Å². The summed E-state index contributed by atoms with van der Waals surface area (Å²) in [6.45, 7) is 3.70. The van der Waals surface area contributed by atoms with Crippen LogP contribution in [0.3, 0.4) is 0 Å². The number of rotatable bonds is 6. The number of aryl methyl sites for hydroxylation is 1. The maximum absolute atomic E-state index is 4.64. The smallest absolute Gasteiger partial charge is 0.271 e. The lowest BCUT2D eigenvalue weighted by molar-refractivity contribution is 0.373. The third kappa shape index (κ3) is 3.99. The van der Waals surface area contributed by atoms with E-state index in [-0.39, 0.29) is 0 Å². The van der Waals surface area contributed by atoms with Gasteiger partial charge in [0.1, 0.15) is 0 Å². The maximum Gasteiger partial charge on any atom is 0.271 e. The Hall–Kier alpha value is -3.72. The lowest BCUT2D eigenvalue weighted by Gasteiger charge is -2.08. The van der Waals surface area contributed by atoms with E-state index in [0.717, 1.165) is 52.2 Å². The van der Waals surface area contributed by atoms with Gasteiger partial charge in [-0.1, -0.05) is 6.07 Å². The standard InChI is InChI=1S/C22H23N9/c1-15-11-24-22-27-26-21(31(22)28-15)9-16-4-5-20-17(8-16)10-18(12-23-20)19-13-25-30(14-19)7-6-29(2)3/h4-5,8,10-14H,6-7,9H2,1-3H3. The summed E-state index contributed by atoms with van der Waals surface area (Å²) in [6.07, 6.45) is 8.17. The monoisotopic (exact) mass is 413 g/mol. The minimum absolute atomic E-state index is 0.511. The highest BCUT2D eigenvalue weighted by Gasteiger charge is 2.10. The summed E-state index contributed by atoms with van der Waals surface area (Å²) in [5.41, 5.74) is 5.01. The van der Waals surface area contributed by atoms with Crippen molar-refractivity contribution in [1.82, 2.24) is 44.5 Å². The van der Waals surface area contributed by atoms with Crippen LogP contribution in [0, 0.1) is 6.92 Å². The molecule has 1 aromatic carbocycles. The van der Waals surface area contributed by atoms with Crippen LogP contribution in [0.1, 0.15) is 17.1 Å². The molecule has 0 aliphatic heterocycles. The molecule has 0 saturated carbocycles. The van der Waals surface area contributed by atoms with Crippen molar-refractivity contribution in [3.8, 4) is 11.1 Å². The fourth-order valence-corrected chi connectivity index (χ4v) is 3.50. The molecule has 156 valence electrons. The molecule has 0 aliphatic rings. The second kappa shape index (κ2) is 7.84. The fraction of sp³-hybridized carbons (Fsp3) is 0.273.